The summed E-state index contributed by atoms with van der Waals surface area (Å²) in [6.45, 7) is 0.773. The van der Waals surface area contributed by atoms with Gasteiger partial charge in [-0.25, -0.2) is 0 Å². The zero-order valence-electron chi connectivity index (χ0n) is 9.01. The summed E-state index contributed by atoms with van der Waals surface area (Å²) in [5.41, 5.74) is 7.66. The van der Waals surface area contributed by atoms with Gasteiger partial charge in [0.1, 0.15) is 0 Å². The fourth-order valence-electron chi connectivity index (χ4n) is 2.70. The first kappa shape index (κ1) is 11.2. The smallest absolute Gasteiger partial charge is 0.0213 e. The Morgan fingerprint density at radius 1 is 1.13 bits per heavy atom. The van der Waals surface area contributed by atoms with Crippen molar-refractivity contribution in [1.82, 2.24) is 0 Å². The minimum atomic E-state index is 0.234. The van der Waals surface area contributed by atoms with E-state index in [1.165, 1.54) is 42.1 Å². The fourth-order valence-corrected chi connectivity index (χ4v) is 3.41. The maximum absolute atomic E-state index is 6.02. The second kappa shape index (κ2) is 4.67. The van der Waals surface area contributed by atoms with Gasteiger partial charge in [0, 0.05) is 16.4 Å². The second-order valence-corrected chi connectivity index (χ2v) is 5.38. The van der Waals surface area contributed by atoms with Gasteiger partial charge in [-0.3, -0.25) is 0 Å². The maximum Gasteiger partial charge on any atom is 0.0213 e. The number of benzene rings is 1. The van der Waals surface area contributed by atoms with E-state index >= 15 is 0 Å². The molecule has 1 nitrogen and oxygen atoms in total. The van der Waals surface area contributed by atoms with Gasteiger partial charge in [-0.2, -0.15) is 0 Å². The van der Waals surface area contributed by atoms with Crippen LogP contribution >= 0.6 is 15.9 Å². The molecular formula is C13H18BrN. The highest BCUT2D eigenvalue weighted by Gasteiger charge is 2.33. The third-order valence-corrected chi connectivity index (χ3v) is 4.34. The Balaban J connectivity index is 2.36. The van der Waals surface area contributed by atoms with E-state index in [1.807, 2.05) is 0 Å². The molecule has 2 rings (SSSR count). The Morgan fingerprint density at radius 2 is 1.80 bits per heavy atom. The van der Waals surface area contributed by atoms with Crippen LogP contribution in [0.4, 0.5) is 0 Å². The Bertz CT molecular complexity index is 329. The Labute approximate surface area is 100 Å². The summed E-state index contributed by atoms with van der Waals surface area (Å²) < 4.78 is 1.22. The molecule has 2 N–H and O–H groups in total. The van der Waals surface area contributed by atoms with Crippen LogP contribution in [0.3, 0.4) is 0 Å². The molecular weight excluding hydrogens is 250 g/mol. The number of hydrogen-bond acceptors (Lipinski definition) is 1. The molecule has 1 aromatic rings. The monoisotopic (exact) mass is 267 g/mol. The lowest BCUT2D eigenvalue weighted by atomic mass is 9.69. The summed E-state index contributed by atoms with van der Waals surface area (Å²) in [5, 5.41) is 0. The summed E-state index contributed by atoms with van der Waals surface area (Å²) >= 11 is 3.65. The van der Waals surface area contributed by atoms with E-state index in [-0.39, 0.29) is 5.41 Å². The zero-order chi connectivity index (χ0) is 10.7. The van der Waals surface area contributed by atoms with Crippen molar-refractivity contribution < 1.29 is 0 Å². The highest BCUT2D eigenvalue weighted by Crippen LogP contribution is 2.41. The molecule has 0 unspecified atom stereocenters. The summed E-state index contributed by atoms with van der Waals surface area (Å²) in [7, 11) is 0. The molecule has 1 aromatic carbocycles. The van der Waals surface area contributed by atoms with Crippen molar-refractivity contribution in [2.45, 2.75) is 37.5 Å². The SMILES string of the molecule is NCC1(c2ccccc2Br)CCCCC1. The first-order valence-electron chi connectivity index (χ1n) is 5.74. The zero-order valence-corrected chi connectivity index (χ0v) is 10.6. The standard InChI is InChI=1S/C13H18BrN/c14-12-7-3-2-6-11(12)13(10-15)8-4-1-5-9-13/h2-3,6-7H,1,4-5,8-10,15H2. The molecule has 0 radical (unpaired) electrons. The van der Waals surface area contributed by atoms with Crippen LogP contribution in [0.25, 0.3) is 0 Å². The van der Waals surface area contributed by atoms with Gasteiger partial charge in [0.25, 0.3) is 0 Å². The molecule has 0 bridgehead atoms. The summed E-state index contributed by atoms with van der Waals surface area (Å²) in [6.07, 6.45) is 6.49. The van der Waals surface area contributed by atoms with Crippen LogP contribution in [0.1, 0.15) is 37.7 Å². The molecule has 0 heterocycles. The van der Waals surface area contributed by atoms with E-state index in [0.29, 0.717) is 0 Å². The van der Waals surface area contributed by atoms with Crippen molar-refractivity contribution in [3.63, 3.8) is 0 Å². The number of halogens is 1. The van der Waals surface area contributed by atoms with E-state index in [1.54, 1.807) is 0 Å². The molecule has 15 heavy (non-hydrogen) atoms. The number of nitrogens with two attached hydrogens (primary N) is 1. The van der Waals surface area contributed by atoms with Crippen LogP contribution < -0.4 is 5.73 Å². The molecule has 1 fully saturated rings. The second-order valence-electron chi connectivity index (χ2n) is 4.52. The van der Waals surface area contributed by atoms with Crippen LogP contribution in [0.2, 0.25) is 0 Å². The van der Waals surface area contributed by atoms with Crippen LogP contribution in [-0.2, 0) is 5.41 Å². The topological polar surface area (TPSA) is 26.0 Å². The van der Waals surface area contributed by atoms with Crippen LogP contribution in [-0.4, -0.2) is 6.54 Å². The van der Waals surface area contributed by atoms with Crippen molar-refractivity contribution in [2.75, 3.05) is 6.54 Å². The van der Waals surface area contributed by atoms with Crippen molar-refractivity contribution in [3.8, 4) is 0 Å². The molecule has 0 spiro atoms. The minimum absolute atomic E-state index is 0.234. The molecule has 1 aliphatic carbocycles. The molecule has 0 amide bonds. The van der Waals surface area contributed by atoms with Gasteiger partial charge in [-0.1, -0.05) is 53.4 Å². The van der Waals surface area contributed by atoms with E-state index in [2.05, 4.69) is 40.2 Å². The van der Waals surface area contributed by atoms with Crippen LogP contribution in [0, 0.1) is 0 Å². The summed E-state index contributed by atoms with van der Waals surface area (Å²) in [5.74, 6) is 0. The normalized spacial score (nSPS) is 20.1. The minimum Gasteiger partial charge on any atom is -0.330 e. The van der Waals surface area contributed by atoms with Gasteiger partial charge in [-0.15, -0.1) is 0 Å². The Hall–Kier alpha value is -0.340. The van der Waals surface area contributed by atoms with Crippen molar-refractivity contribution in [1.29, 1.82) is 0 Å². The van der Waals surface area contributed by atoms with E-state index < -0.39 is 0 Å². The number of hydrogen-bond donors (Lipinski definition) is 1. The third-order valence-electron chi connectivity index (χ3n) is 3.65. The Kier molecular flexibility index (Phi) is 3.47. The lowest BCUT2D eigenvalue weighted by molar-refractivity contribution is 0.299. The van der Waals surface area contributed by atoms with E-state index in [4.69, 9.17) is 5.73 Å². The van der Waals surface area contributed by atoms with Gasteiger partial charge >= 0.3 is 0 Å². The van der Waals surface area contributed by atoms with Crippen molar-refractivity contribution in [2.24, 2.45) is 5.73 Å². The first-order valence-corrected chi connectivity index (χ1v) is 6.53. The predicted octanol–water partition coefficient (Wildman–Crippen LogP) is 3.61. The van der Waals surface area contributed by atoms with Gasteiger partial charge < -0.3 is 5.73 Å². The lowest BCUT2D eigenvalue weighted by Crippen LogP contribution is -2.37. The van der Waals surface area contributed by atoms with Gasteiger partial charge in [0.05, 0.1) is 0 Å². The Morgan fingerprint density at radius 3 is 2.40 bits per heavy atom. The molecule has 0 aromatic heterocycles. The quantitative estimate of drug-likeness (QED) is 0.871. The van der Waals surface area contributed by atoms with Gasteiger partial charge in [-0.05, 0) is 24.5 Å². The van der Waals surface area contributed by atoms with Crippen LogP contribution in [0.5, 0.6) is 0 Å². The molecule has 2 heteroatoms. The first-order chi connectivity index (χ1) is 7.28. The fraction of sp³-hybridized carbons (Fsp3) is 0.538. The molecule has 1 aliphatic rings. The third kappa shape index (κ3) is 2.11. The van der Waals surface area contributed by atoms with Gasteiger partial charge in [0.15, 0.2) is 0 Å². The highest BCUT2D eigenvalue weighted by atomic mass is 79.9. The largest absolute Gasteiger partial charge is 0.330 e. The molecule has 0 saturated heterocycles. The van der Waals surface area contributed by atoms with E-state index in [0.717, 1.165) is 6.54 Å². The van der Waals surface area contributed by atoms with Crippen LogP contribution in [0.15, 0.2) is 28.7 Å². The summed E-state index contributed by atoms with van der Waals surface area (Å²) in [4.78, 5) is 0. The average molecular weight is 268 g/mol. The summed E-state index contributed by atoms with van der Waals surface area (Å²) in [6, 6.07) is 8.54. The molecule has 82 valence electrons. The molecule has 0 aliphatic heterocycles. The average Bonchev–Trinajstić information content (AvgIpc) is 2.30. The lowest BCUT2D eigenvalue weighted by Gasteiger charge is -2.37. The molecule has 0 atom stereocenters. The molecule has 1 saturated carbocycles. The predicted molar refractivity (Wildman–Crippen MR) is 68.0 cm³/mol. The van der Waals surface area contributed by atoms with Crippen molar-refractivity contribution in [3.05, 3.63) is 34.3 Å². The maximum atomic E-state index is 6.02. The highest BCUT2D eigenvalue weighted by molar-refractivity contribution is 9.10. The van der Waals surface area contributed by atoms with E-state index in [9.17, 15) is 0 Å². The van der Waals surface area contributed by atoms with Gasteiger partial charge in [0.2, 0.25) is 0 Å². The number of rotatable bonds is 2. The van der Waals surface area contributed by atoms with Crippen molar-refractivity contribution >= 4 is 15.9 Å².